The maximum atomic E-state index is 10.3. The molecule has 0 N–H and O–H groups in total. The van der Waals surface area contributed by atoms with Crippen molar-refractivity contribution >= 4 is 22.3 Å². The highest BCUT2D eigenvalue weighted by molar-refractivity contribution is 7.82. The molecule has 0 radical (unpaired) electrons. The van der Waals surface area contributed by atoms with Gasteiger partial charge in [-0.15, -0.1) is 3.74 Å². The second kappa shape index (κ2) is 4.12. The molecule has 0 fully saturated rings. The Hall–Kier alpha value is 0.160. The molecule has 0 atom stereocenters. The summed E-state index contributed by atoms with van der Waals surface area (Å²) in [5, 5.41) is 0. The lowest BCUT2D eigenvalue weighted by atomic mass is 10.2. The van der Waals surface area contributed by atoms with E-state index in [-0.39, 0.29) is 12.5 Å². The van der Waals surface area contributed by atoms with Crippen LogP contribution in [0.25, 0.3) is 0 Å². The predicted molar refractivity (Wildman–Crippen MR) is 36.6 cm³/mol. The first-order valence-electron chi connectivity index (χ1n) is 2.67. The molecule has 62 valence electrons. The predicted octanol–water partition coefficient (Wildman–Crippen LogP) is 1.07. The third-order valence-corrected chi connectivity index (χ3v) is 1.66. The first-order valence-corrected chi connectivity index (χ1v) is 4.31. The van der Waals surface area contributed by atoms with Gasteiger partial charge in [0.15, 0.2) is 0 Å². The molecule has 0 spiro atoms. The number of rotatable bonds is 4. The van der Waals surface area contributed by atoms with E-state index in [1.807, 2.05) is 13.8 Å². The van der Waals surface area contributed by atoms with Crippen molar-refractivity contribution in [2.45, 2.75) is 13.8 Å². The smallest absolute Gasteiger partial charge is 0.247 e. The molecule has 0 aliphatic heterocycles. The maximum absolute atomic E-state index is 10.3. The van der Waals surface area contributed by atoms with Crippen LogP contribution in [0.4, 0.5) is 0 Å². The fourth-order valence-corrected chi connectivity index (χ4v) is 0.822. The van der Waals surface area contributed by atoms with Crippen LogP contribution in [-0.4, -0.2) is 15.0 Å². The Morgan fingerprint density at radius 2 is 2.00 bits per heavy atom. The lowest BCUT2D eigenvalue weighted by molar-refractivity contribution is 0.245. The highest BCUT2D eigenvalue weighted by Gasteiger charge is 2.10. The van der Waals surface area contributed by atoms with E-state index < -0.39 is 10.4 Å². The summed E-state index contributed by atoms with van der Waals surface area (Å²) in [5.41, 5.74) is 0. The molecular weight excluding hydrogens is 180 g/mol. The molecule has 0 unspecified atom stereocenters. The minimum Gasteiger partial charge on any atom is -0.247 e. The van der Waals surface area contributed by atoms with Crippen LogP contribution in [-0.2, 0) is 18.3 Å². The van der Waals surface area contributed by atoms with Crippen LogP contribution in [0, 0.1) is 5.92 Å². The summed E-state index contributed by atoms with van der Waals surface area (Å²) in [7, 11) is -3.95. The molecule has 0 amide bonds. The third-order valence-electron chi connectivity index (χ3n) is 0.623. The molecule has 6 heteroatoms. The zero-order valence-corrected chi connectivity index (χ0v) is 7.28. The summed E-state index contributed by atoms with van der Waals surface area (Å²) in [6.45, 7) is 3.70. The van der Waals surface area contributed by atoms with Crippen molar-refractivity contribution < 1.29 is 16.3 Å². The molecule has 0 heterocycles. The van der Waals surface area contributed by atoms with Gasteiger partial charge >= 0.3 is 10.4 Å². The Morgan fingerprint density at radius 3 is 2.30 bits per heavy atom. The first-order chi connectivity index (χ1) is 4.48. The van der Waals surface area contributed by atoms with Crippen LogP contribution in [0.2, 0.25) is 0 Å². The second-order valence-corrected chi connectivity index (χ2v) is 3.71. The molecule has 0 saturated heterocycles. The van der Waals surface area contributed by atoms with E-state index in [0.717, 1.165) is 0 Å². The quantitative estimate of drug-likeness (QED) is 0.663. The van der Waals surface area contributed by atoms with Gasteiger partial charge in [-0.1, -0.05) is 13.8 Å². The molecule has 0 aromatic carbocycles. The largest absolute Gasteiger partial charge is 0.416 e. The summed E-state index contributed by atoms with van der Waals surface area (Å²) in [6, 6.07) is 0. The van der Waals surface area contributed by atoms with Gasteiger partial charge in [-0.3, -0.25) is 0 Å². The molecule has 0 aliphatic carbocycles. The van der Waals surface area contributed by atoms with Crippen molar-refractivity contribution in [3.05, 3.63) is 0 Å². The summed E-state index contributed by atoms with van der Waals surface area (Å²) >= 11 is 4.56. The van der Waals surface area contributed by atoms with Gasteiger partial charge in [0.1, 0.15) is 0 Å². The van der Waals surface area contributed by atoms with E-state index in [2.05, 4.69) is 19.8 Å². The SMILES string of the molecule is CC(C)COS(=O)(=O)OCl. The van der Waals surface area contributed by atoms with Crippen LogP contribution in [0.1, 0.15) is 13.8 Å². The average Bonchev–Trinajstić information content (AvgIpc) is 1.85. The normalized spacial score (nSPS) is 12.4. The van der Waals surface area contributed by atoms with Gasteiger partial charge in [0.05, 0.1) is 18.5 Å². The Labute approximate surface area is 65.6 Å². The van der Waals surface area contributed by atoms with Crippen molar-refractivity contribution in [3.63, 3.8) is 0 Å². The van der Waals surface area contributed by atoms with Crippen molar-refractivity contribution in [1.82, 2.24) is 0 Å². The van der Waals surface area contributed by atoms with E-state index >= 15 is 0 Å². The van der Waals surface area contributed by atoms with Gasteiger partial charge in [0, 0.05) is 0 Å². The zero-order chi connectivity index (χ0) is 8.20. The lowest BCUT2D eigenvalue weighted by Gasteiger charge is -2.02. The average molecular weight is 189 g/mol. The van der Waals surface area contributed by atoms with E-state index in [1.165, 1.54) is 0 Å². The zero-order valence-electron chi connectivity index (χ0n) is 5.70. The Kier molecular flexibility index (Phi) is 4.19. The van der Waals surface area contributed by atoms with Crippen LogP contribution in [0.3, 0.4) is 0 Å². The van der Waals surface area contributed by atoms with Crippen molar-refractivity contribution in [1.29, 1.82) is 0 Å². The molecule has 0 rings (SSSR count). The van der Waals surface area contributed by atoms with Crippen LogP contribution < -0.4 is 0 Å². The fraction of sp³-hybridized carbons (Fsp3) is 1.00. The van der Waals surface area contributed by atoms with Crippen molar-refractivity contribution in [3.8, 4) is 0 Å². The van der Waals surface area contributed by atoms with E-state index in [9.17, 15) is 8.42 Å². The van der Waals surface area contributed by atoms with E-state index in [1.54, 1.807) is 0 Å². The first kappa shape index (κ1) is 10.2. The topological polar surface area (TPSA) is 52.6 Å². The number of halogens is 1. The van der Waals surface area contributed by atoms with Crippen LogP contribution >= 0.6 is 11.9 Å². The van der Waals surface area contributed by atoms with Gasteiger partial charge < -0.3 is 0 Å². The maximum Gasteiger partial charge on any atom is 0.416 e. The minimum absolute atomic E-state index is 0.0784. The molecule has 10 heavy (non-hydrogen) atoms. The molecule has 0 aromatic rings. The Bertz CT molecular complexity index is 174. The lowest BCUT2D eigenvalue weighted by Crippen LogP contribution is -2.09. The van der Waals surface area contributed by atoms with Gasteiger partial charge in [0.2, 0.25) is 0 Å². The number of hydrogen-bond donors (Lipinski definition) is 0. The second-order valence-electron chi connectivity index (χ2n) is 2.15. The molecule has 0 saturated carbocycles. The summed E-state index contributed by atoms with van der Waals surface area (Å²) < 4.78 is 28.4. The summed E-state index contributed by atoms with van der Waals surface area (Å²) in [5.74, 6) is 0.126. The fourth-order valence-electron chi connectivity index (χ4n) is 0.238. The van der Waals surface area contributed by atoms with Gasteiger partial charge in [-0.25, -0.2) is 4.18 Å². The third kappa shape index (κ3) is 4.99. The highest BCUT2D eigenvalue weighted by Crippen LogP contribution is 2.02. The standard InChI is InChI=1S/C4H9ClO4S/c1-4(2)3-8-10(6,7)9-5/h4H,3H2,1-2H3. The molecule has 0 aliphatic rings. The molecular formula is C4H9ClO4S. The molecule has 0 aromatic heterocycles. The Morgan fingerprint density at radius 1 is 1.50 bits per heavy atom. The number of hydrogen-bond acceptors (Lipinski definition) is 4. The monoisotopic (exact) mass is 188 g/mol. The summed E-state index contributed by atoms with van der Waals surface area (Å²) in [4.78, 5) is 0. The van der Waals surface area contributed by atoms with Gasteiger partial charge in [-0.2, -0.15) is 8.42 Å². The van der Waals surface area contributed by atoms with Crippen molar-refractivity contribution in [2.75, 3.05) is 6.61 Å². The van der Waals surface area contributed by atoms with Crippen LogP contribution in [0.5, 0.6) is 0 Å². The van der Waals surface area contributed by atoms with E-state index in [0.29, 0.717) is 0 Å². The minimum atomic E-state index is -3.95. The van der Waals surface area contributed by atoms with E-state index in [4.69, 9.17) is 0 Å². The van der Waals surface area contributed by atoms with Crippen molar-refractivity contribution in [2.24, 2.45) is 5.92 Å². The van der Waals surface area contributed by atoms with Crippen LogP contribution in [0.15, 0.2) is 0 Å². The molecule has 0 bridgehead atoms. The highest BCUT2D eigenvalue weighted by atomic mass is 35.5. The van der Waals surface area contributed by atoms with Gasteiger partial charge in [-0.05, 0) is 5.92 Å². The Balaban J connectivity index is 3.70. The summed E-state index contributed by atoms with van der Waals surface area (Å²) in [6.07, 6.45) is 0. The molecule has 4 nitrogen and oxygen atoms in total. The van der Waals surface area contributed by atoms with Gasteiger partial charge in [0.25, 0.3) is 0 Å².